The zero-order chi connectivity index (χ0) is 21.5. The number of carbonyl (C=O) groups is 1. The van der Waals surface area contributed by atoms with Gasteiger partial charge in [-0.1, -0.05) is 35.3 Å². The van der Waals surface area contributed by atoms with Crippen LogP contribution < -0.4 is 0 Å². The van der Waals surface area contributed by atoms with Gasteiger partial charge in [0, 0.05) is 41.8 Å². The Morgan fingerprint density at radius 2 is 1.43 bits per heavy atom. The Morgan fingerprint density at radius 3 is 2.13 bits per heavy atom. The molecule has 0 unspecified atom stereocenters. The fraction of sp³-hybridized carbons (Fsp3) is 0.227. The number of halogens is 2. The molecule has 0 atom stereocenters. The molecular formula is C22H20Cl2N2O3S. The van der Waals surface area contributed by atoms with E-state index >= 15 is 0 Å². The van der Waals surface area contributed by atoms with Crippen molar-refractivity contribution in [1.29, 1.82) is 0 Å². The third-order valence-corrected chi connectivity index (χ3v) is 7.72. The number of hydrogen-bond acceptors (Lipinski definition) is 3. The first-order valence-corrected chi connectivity index (χ1v) is 11.7. The molecule has 156 valence electrons. The van der Waals surface area contributed by atoms with Crippen molar-refractivity contribution >= 4 is 49.9 Å². The Labute approximate surface area is 185 Å². The zero-order valence-corrected chi connectivity index (χ0v) is 18.6. The van der Waals surface area contributed by atoms with Crippen molar-refractivity contribution in [3.63, 3.8) is 0 Å². The van der Waals surface area contributed by atoms with E-state index in [1.165, 1.54) is 4.31 Å². The molecule has 1 saturated heterocycles. The number of nitrogens with zero attached hydrogens (tertiary/aromatic N) is 2. The summed E-state index contributed by atoms with van der Waals surface area (Å²) >= 11 is 12.0. The topological polar surface area (TPSA) is 57.7 Å². The van der Waals surface area contributed by atoms with Crippen LogP contribution in [0.2, 0.25) is 10.0 Å². The van der Waals surface area contributed by atoms with E-state index < -0.39 is 10.0 Å². The van der Waals surface area contributed by atoms with Gasteiger partial charge in [-0.2, -0.15) is 4.31 Å². The molecule has 0 N–H and O–H groups in total. The van der Waals surface area contributed by atoms with E-state index in [1.807, 2.05) is 13.0 Å². The Hall–Kier alpha value is -2.12. The van der Waals surface area contributed by atoms with Crippen LogP contribution in [-0.4, -0.2) is 49.7 Å². The Morgan fingerprint density at radius 1 is 0.833 bits per heavy atom. The molecule has 8 heteroatoms. The van der Waals surface area contributed by atoms with E-state index in [1.54, 1.807) is 53.4 Å². The molecule has 30 heavy (non-hydrogen) atoms. The molecule has 0 spiro atoms. The number of benzene rings is 3. The van der Waals surface area contributed by atoms with Gasteiger partial charge in [-0.05, 0) is 65.7 Å². The molecule has 4 rings (SSSR count). The molecular weight excluding hydrogens is 443 g/mol. The highest BCUT2D eigenvalue weighted by molar-refractivity contribution is 7.89. The molecule has 1 amide bonds. The normalized spacial score (nSPS) is 15.5. The number of sulfonamides is 1. The number of fused-ring (bicyclic) bond motifs is 1. The van der Waals surface area contributed by atoms with Crippen molar-refractivity contribution in [3.8, 4) is 0 Å². The first-order valence-electron chi connectivity index (χ1n) is 9.50. The van der Waals surface area contributed by atoms with E-state index in [2.05, 4.69) is 0 Å². The quantitative estimate of drug-likeness (QED) is 0.571. The van der Waals surface area contributed by atoms with Crippen LogP contribution in [0.5, 0.6) is 0 Å². The fourth-order valence-corrected chi connectivity index (χ4v) is 5.54. The average molecular weight is 463 g/mol. The Bertz CT molecular complexity index is 1240. The number of hydrogen-bond donors (Lipinski definition) is 0. The monoisotopic (exact) mass is 462 g/mol. The second-order valence-electron chi connectivity index (χ2n) is 7.31. The predicted molar refractivity (Wildman–Crippen MR) is 120 cm³/mol. The zero-order valence-electron chi connectivity index (χ0n) is 16.3. The largest absolute Gasteiger partial charge is 0.336 e. The molecule has 5 nitrogen and oxygen atoms in total. The van der Waals surface area contributed by atoms with Crippen molar-refractivity contribution in [2.45, 2.75) is 11.8 Å². The summed E-state index contributed by atoms with van der Waals surface area (Å²) in [6.45, 7) is 3.01. The molecule has 0 bridgehead atoms. The standard InChI is InChI=1S/C22H20Cl2N2O3S/c1-15-12-18(23)5-7-21(15)22(27)25-8-10-26(11-9-25)30(28,29)20-6-3-16-13-19(24)4-2-17(16)14-20/h2-7,12-14H,8-11H2,1H3. The van der Waals surface area contributed by atoms with Crippen LogP contribution in [-0.2, 0) is 10.0 Å². The maximum Gasteiger partial charge on any atom is 0.254 e. The highest BCUT2D eigenvalue weighted by Gasteiger charge is 2.31. The molecule has 0 saturated carbocycles. The molecule has 1 fully saturated rings. The molecule has 0 aromatic heterocycles. The third-order valence-electron chi connectivity index (χ3n) is 5.36. The second kappa shape index (κ2) is 8.19. The van der Waals surface area contributed by atoms with Crippen molar-refractivity contribution in [3.05, 3.63) is 75.8 Å². The number of amides is 1. The van der Waals surface area contributed by atoms with Crippen LogP contribution in [0.15, 0.2) is 59.5 Å². The van der Waals surface area contributed by atoms with Crippen LogP contribution >= 0.6 is 23.2 Å². The van der Waals surface area contributed by atoms with Crippen LogP contribution in [0, 0.1) is 6.92 Å². The number of rotatable bonds is 3. The van der Waals surface area contributed by atoms with Crippen molar-refractivity contribution in [2.75, 3.05) is 26.2 Å². The summed E-state index contributed by atoms with van der Waals surface area (Å²) in [4.78, 5) is 14.8. The van der Waals surface area contributed by atoms with Gasteiger partial charge >= 0.3 is 0 Å². The molecule has 3 aromatic carbocycles. The first-order chi connectivity index (χ1) is 14.3. The van der Waals surface area contributed by atoms with Gasteiger partial charge in [-0.15, -0.1) is 0 Å². The fourth-order valence-electron chi connectivity index (χ4n) is 3.67. The van der Waals surface area contributed by atoms with Gasteiger partial charge in [0.05, 0.1) is 4.90 Å². The minimum absolute atomic E-state index is 0.108. The predicted octanol–water partition coefficient (Wildman–Crippen LogP) is 4.60. The van der Waals surface area contributed by atoms with Crippen LogP contribution in [0.3, 0.4) is 0 Å². The van der Waals surface area contributed by atoms with Gasteiger partial charge in [0.25, 0.3) is 5.91 Å². The highest BCUT2D eigenvalue weighted by Crippen LogP contribution is 2.25. The average Bonchev–Trinajstić information content (AvgIpc) is 2.73. The van der Waals surface area contributed by atoms with Crippen molar-refractivity contribution in [1.82, 2.24) is 9.21 Å². The number of carbonyl (C=O) groups excluding carboxylic acids is 1. The number of aryl methyl sites for hydroxylation is 1. The van der Waals surface area contributed by atoms with Gasteiger partial charge < -0.3 is 4.90 Å². The molecule has 1 aliphatic heterocycles. The van der Waals surface area contributed by atoms with Crippen LogP contribution in [0.4, 0.5) is 0 Å². The van der Waals surface area contributed by atoms with Gasteiger partial charge in [0.1, 0.15) is 0 Å². The highest BCUT2D eigenvalue weighted by atomic mass is 35.5. The minimum Gasteiger partial charge on any atom is -0.336 e. The van der Waals surface area contributed by atoms with Gasteiger partial charge in [0.15, 0.2) is 0 Å². The lowest BCUT2D eigenvalue weighted by molar-refractivity contribution is 0.0697. The SMILES string of the molecule is Cc1cc(Cl)ccc1C(=O)N1CCN(S(=O)(=O)c2ccc3cc(Cl)ccc3c2)CC1. The van der Waals surface area contributed by atoms with E-state index in [0.717, 1.165) is 16.3 Å². The summed E-state index contributed by atoms with van der Waals surface area (Å²) in [7, 11) is -3.65. The summed E-state index contributed by atoms with van der Waals surface area (Å²) in [5, 5.41) is 2.88. The molecule has 0 aliphatic carbocycles. The molecule has 3 aromatic rings. The molecule has 1 aliphatic rings. The van der Waals surface area contributed by atoms with Gasteiger partial charge in [0.2, 0.25) is 10.0 Å². The first kappa shape index (κ1) is 21.1. The van der Waals surface area contributed by atoms with Gasteiger partial charge in [-0.3, -0.25) is 4.79 Å². The van der Waals surface area contributed by atoms with E-state index in [0.29, 0.717) is 28.7 Å². The maximum absolute atomic E-state index is 13.1. The van der Waals surface area contributed by atoms with E-state index in [-0.39, 0.29) is 23.9 Å². The summed E-state index contributed by atoms with van der Waals surface area (Å²) in [6.07, 6.45) is 0. The Kier molecular flexibility index (Phi) is 5.77. The lowest BCUT2D eigenvalue weighted by Crippen LogP contribution is -2.50. The second-order valence-corrected chi connectivity index (χ2v) is 10.1. The summed E-state index contributed by atoms with van der Waals surface area (Å²) in [5.41, 5.74) is 1.39. The van der Waals surface area contributed by atoms with Crippen LogP contribution in [0.25, 0.3) is 10.8 Å². The summed E-state index contributed by atoms with van der Waals surface area (Å²) in [6, 6.07) is 15.5. The lowest BCUT2D eigenvalue weighted by Gasteiger charge is -2.34. The minimum atomic E-state index is -3.65. The summed E-state index contributed by atoms with van der Waals surface area (Å²) in [5.74, 6) is -0.108. The van der Waals surface area contributed by atoms with Crippen LogP contribution in [0.1, 0.15) is 15.9 Å². The lowest BCUT2D eigenvalue weighted by atomic mass is 10.1. The van der Waals surface area contributed by atoms with Crippen molar-refractivity contribution in [2.24, 2.45) is 0 Å². The number of piperazine rings is 1. The molecule has 0 radical (unpaired) electrons. The van der Waals surface area contributed by atoms with E-state index in [9.17, 15) is 13.2 Å². The molecule has 1 heterocycles. The van der Waals surface area contributed by atoms with E-state index in [4.69, 9.17) is 23.2 Å². The van der Waals surface area contributed by atoms with Crippen molar-refractivity contribution < 1.29 is 13.2 Å². The smallest absolute Gasteiger partial charge is 0.254 e. The summed E-state index contributed by atoms with van der Waals surface area (Å²) < 4.78 is 27.7. The van der Waals surface area contributed by atoms with Gasteiger partial charge in [-0.25, -0.2) is 8.42 Å². The third kappa shape index (κ3) is 4.05. The maximum atomic E-state index is 13.1. The Balaban J connectivity index is 1.50.